The number of rotatable bonds is 4. The molecule has 0 atom stereocenters. The Balaban J connectivity index is 3.27. The van der Waals surface area contributed by atoms with Gasteiger partial charge in [0.25, 0.3) is 0 Å². The Labute approximate surface area is 100 Å². The van der Waals surface area contributed by atoms with Crippen LogP contribution in [0.3, 0.4) is 0 Å². The Morgan fingerprint density at radius 1 is 1.13 bits per heavy atom. The summed E-state index contributed by atoms with van der Waals surface area (Å²) in [6.07, 6.45) is 0. The van der Waals surface area contributed by atoms with Crippen LogP contribution < -0.4 is 9.47 Å². The second-order valence-electron chi connectivity index (χ2n) is 3.49. The maximum Gasteiger partial charge on any atom is 0.133 e. The molecule has 0 amide bonds. The summed E-state index contributed by atoms with van der Waals surface area (Å²) < 4.78 is 10.6. The summed E-state index contributed by atoms with van der Waals surface area (Å²) in [6, 6.07) is 3.98. The van der Waals surface area contributed by atoms with E-state index in [9.17, 15) is 0 Å². The summed E-state index contributed by atoms with van der Waals surface area (Å²) in [5.41, 5.74) is 1.15. The average molecular weight is 244 g/mol. The van der Waals surface area contributed by atoms with Gasteiger partial charge in [-0.2, -0.15) is 0 Å². The van der Waals surface area contributed by atoms with Crippen LogP contribution in [-0.4, -0.2) is 14.2 Å². The largest absolute Gasteiger partial charge is 0.496 e. The molecule has 0 spiro atoms. The second-order valence-corrected chi connectivity index (χ2v) is 4.66. The molecule has 4 heteroatoms. The zero-order valence-corrected chi connectivity index (χ0v) is 11.1. The van der Waals surface area contributed by atoms with Gasteiger partial charge < -0.3 is 9.47 Å². The van der Waals surface area contributed by atoms with Crippen LogP contribution in [0.15, 0.2) is 17.0 Å². The van der Waals surface area contributed by atoms with Gasteiger partial charge in [-0.15, -0.1) is 11.7 Å². The molecule has 0 saturated carbocycles. The fraction of sp³-hybridized carbons (Fsp3) is 0.455. The molecule has 0 radical (unpaired) electrons. The Morgan fingerprint density at radius 3 is 2.13 bits per heavy atom. The third-order valence-electron chi connectivity index (χ3n) is 2.24. The number of benzene rings is 1. The van der Waals surface area contributed by atoms with Gasteiger partial charge in [0.05, 0.1) is 19.1 Å². The predicted octanol–water partition coefficient (Wildman–Crippen LogP) is 3.76. The van der Waals surface area contributed by atoms with Crippen LogP contribution in [0.2, 0.25) is 0 Å². The molecular formula is C11H16O2S2. The lowest BCUT2D eigenvalue weighted by molar-refractivity contribution is 0.389. The fourth-order valence-electron chi connectivity index (χ4n) is 1.42. The van der Waals surface area contributed by atoms with E-state index in [1.807, 2.05) is 12.1 Å². The van der Waals surface area contributed by atoms with Crippen LogP contribution in [0, 0.1) is 0 Å². The molecule has 0 aliphatic carbocycles. The van der Waals surface area contributed by atoms with Crippen molar-refractivity contribution >= 4 is 22.5 Å². The monoisotopic (exact) mass is 244 g/mol. The van der Waals surface area contributed by atoms with Crippen LogP contribution in [0.25, 0.3) is 0 Å². The molecule has 1 rings (SSSR count). The van der Waals surface area contributed by atoms with Crippen molar-refractivity contribution in [3.63, 3.8) is 0 Å². The van der Waals surface area contributed by atoms with E-state index in [1.165, 1.54) is 10.8 Å². The summed E-state index contributed by atoms with van der Waals surface area (Å²) in [5.74, 6) is 2.15. The molecule has 0 aromatic heterocycles. The smallest absolute Gasteiger partial charge is 0.133 e. The van der Waals surface area contributed by atoms with Crippen molar-refractivity contribution in [2.45, 2.75) is 24.7 Å². The molecule has 0 N–H and O–H groups in total. The minimum atomic E-state index is 0.410. The van der Waals surface area contributed by atoms with Crippen LogP contribution in [-0.2, 0) is 0 Å². The van der Waals surface area contributed by atoms with Gasteiger partial charge in [0.2, 0.25) is 0 Å². The molecule has 1 aromatic rings. The molecule has 0 bridgehead atoms. The summed E-state index contributed by atoms with van der Waals surface area (Å²) in [6.45, 7) is 4.26. The molecule has 0 aliphatic rings. The van der Waals surface area contributed by atoms with Crippen molar-refractivity contribution in [2.75, 3.05) is 14.2 Å². The SMILES string of the molecule is COc1cc(C(C)C)c(OC)cc1SS. The Bertz CT molecular complexity index is 338. The number of thiol groups is 1. The standard InChI is InChI=1S/C11H16O2S2/c1-7(2)8-5-10(13-4)11(15-14)6-9(8)12-3/h5-7,14H,1-4H3. The lowest BCUT2D eigenvalue weighted by Gasteiger charge is -2.15. The average Bonchev–Trinajstić information content (AvgIpc) is 2.26. The molecule has 1 aromatic carbocycles. The van der Waals surface area contributed by atoms with E-state index in [4.69, 9.17) is 9.47 Å². The van der Waals surface area contributed by atoms with Crippen molar-refractivity contribution in [3.05, 3.63) is 17.7 Å². The molecule has 0 unspecified atom stereocenters. The summed E-state index contributed by atoms with van der Waals surface area (Å²) in [5, 5.41) is 0. The lowest BCUT2D eigenvalue weighted by atomic mass is 10.0. The van der Waals surface area contributed by atoms with Crippen molar-refractivity contribution in [2.24, 2.45) is 0 Å². The first kappa shape index (κ1) is 12.6. The maximum atomic E-state index is 5.35. The third kappa shape index (κ3) is 2.75. The first-order valence-electron chi connectivity index (χ1n) is 4.71. The number of hydrogen-bond donors (Lipinski definition) is 1. The minimum Gasteiger partial charge on any atom is -0.496 e. The summed E-state index contributed by atoms with van der Waals surface area (Å²) in [7, 11) is 4.71. The van der Waals surface area contributed by atoms with E-state index in [-0.39, 0.29) is 0 Å². The highest BCUT2D eigenvalue weighted by atomic mass is 33.1. The highest BCUT2D eigenvalue weighted by molar-refractivity contribution is 8.68. The van der Waals surface area contributed by atoms with E-state index in [0.29, 0.717) is 5.92 Å². The van der Waals surface area contributed by atoms with Crippen molar-refractivity contribution in [1.29, 1.82) is 0 Å². The van der Waals surface area contributed by atoms with Gasteiger partial charge in [-0.1, -0.05) is 24.6 Å². The molecule has 0 aliphatic heterocycles. The zero-order chi connectivity index (χ0) is 11.4. The van der Waals surface area contributed by atoms with E-state index in [0.717, 1.165) is 22.0 Å². The van der Waals surface area contributed by atoms with Gasteiger partial charge in [-0.05, 0) is 18.1 Å². The number of ether oxygens (including phenoxy) is 2. The Hall–Kier alpha value is -0.480. The van der Waals surface area contributed by atoms with Gasteiger partial charge in [-0.3, -0.25) is 0 Å². The highest BCUT2D eigenvalue weighted by Gasteiger charge is 2.13. The van der Waals surface area contributed by atoms with E-state index >= 15 is 0 Å². The van der Waals surface area contributed by atoms with Crippen LogP contribution in [0.1, 0.15) is 25.3 Å². The molecule has 0 heterocycles. The predicted molar refractivity (Wildman–Crippen MR) is 68.5 cm³/mol. The fourth-order valence-corrected chi connectivity index (χ4v) is 2.24. The normalized spacial score (nSPS) is 10.5. The summed E-state index contributed by atoms with van der Waals surface area (Å²) in [4.78, 5) is 0.974. The third-order valence-corrected chi connectivity index (χ3v) is 3.34. The molecular weight excluding hydrogens is 228 g/mol. The van der Waals surface area contributed by atoms with Gasteiger partial charge in [0, 0.05) is 5.56 Å². The number of methoxy groups -OCH3 is 2. The maximum absolute atomic E-state index is 5.35. The molecule has 0 fully saturated rings. The van der Waals surface area contributed by atoms with E-state index in [2.05, 4.69) is 25.5 Å². The minimum absolute atomic E-state index is 0.410. The topological polar surface area (TPSA) is 18.5 Å². The molecule has 0 saturated heterocycles. The Kier molecular flexibility index (Phi) is 4.67. The first-order valence-corrected chi connectivity index (χ1v) is 6.58. The van der Waals surface area contributed by atoms with Crippen LogP contribution in [0.5, 0.6) is 11.5 Å². The van der Waals surface area contributed by atoms with E-state index in [1.54, 1.807) is 14.2 Å². The van der Waals surface area contributed by atoms with Crippen LogP contribution >= 0.6 is 22.5 Å². The molecule has 15 heavy (non-hydrogen) atoms. The highest BCUT2D eigenvalue weighted by Crippen LogP contribution is 2.39. The van der Waals surface area contributed by atoms with Crippen molar-refractivity contribution in [1.82, 2.24) is 0 Å². The Morgan fingerprint density at radius 2 is 1.73 bits per heavy atom. The zero-order valence-electron chi connectivity index (χ0n) is 9.40. The lowest BCUT2D eigenvalue weighted by Crippen LogP contribution is -1.96. The van der Waals surface area contributed by atoms with Gasteiger partial charge in [-0.25, -0.2) is 0 Å². The molecule has 2 nitrogen and oxygen atoms in total. The van der Waals surface area contributed by atoms with Crippen molar-refractivity contribution < 1.29 is 9.47 Å². The first-order chi connectivity index (χ1) is 7.13. The van der Waals surface area contributed by atoms with E-state index < -0.39 is 0 Å². The van der Waals surface area contributed by atoms with Gasteiger partial charge >= 0.3 is 0 Å². The molecule has 84 valence electrons. The van der Waals surface area contributed by atoms with Gasteiger partial charge in [0.15, 0.2) is 0 Å². The van der Waals surface area contributed by atoms with Gasteiger partial charge in [0.1, 0.15) is 11.5 Å². The second kappa shape index (κ2) is 5.56. The number of hydrogen-bond acceptors (Lipinski definition) is 4. The van der Waals surface area contributed by atoms with Crippen LogP contribution in [0.4, 0.5) is 0 Å². The van der Waals surface area contributed by atoms with Crippen molar-refractivity contribution in [3.8, 4) is 11.5 Å². The quantitative estimate of drug-likeness (QED) is 0.642. The summed E-state index contributed by atoms with van der Waals surface area (Å²) >= 11 is 4.19.